The summed E-state index contributed by atoms with van der Waals surface area (Å²) in [7, 11) is 1.73. The standard InChI is InChI=1S/C16H29N3O/c1-7-19(8-9-20-6)15-11-14(10-13(2)18-15)12-17-16(3,4)5/h10-11,17H,7-9,12H2,1-6H3. The summed E-state index contributed by atoms with van der Waals surface area (Å²) in [5, 5.41) is 3.52. The predicted octanol–water partition coefficient (Wildman–Crippen LogP) is 2.75. The highest BCUT2D eigenvalue weighted by atomic mass is 16.5. The van der Waals surface area contributed by atoms with Crippen molar-refractivity contribution in [2.45, 2.75) is 46.7 Å². The van der Waals surface area contributed by atoms with Gasteiger partial charge in [-0.3, -0.25) is 0 Å². The Bertz CT molecular complexity index is 413. The topological polar surface area (TPSA) is 37.4 Å². The highest BCUT2D eigenvalue weighted by Gasteiger charge is 2.11. The van der Waals surface area contributed by atoms with Gasteiger partial charge in [0.2, 0.25) is 0 Å². The van der Waals surface area contributed by atoms with Gasteiger partial charge in [0.05, 0.1) is 6.61 Å². The Morgan fingerprint density at radius 3 is 2.55 bits per heavy atom. The zero-order valence-corrected chi connectivity index (χ0v) is 13.8. The molecule has 0 aromatic carbocycles. The van der Waals surface area contributed by atoms with Crippen molar-refractivity contribution in [1.82, 2.24) is 10.3 Å². The van der Waals surface area contributed by atoms with Gasteiger partial charge in [0, 0.05) is 38.0 Å². The van der Waals surface area contributed by atoms with Crippen molar-refractivity contribution in [3.63, 3.8) is 0 Å². The number of hydrogen-bond donors (Lipinski definition) is 1. The molecule has 0 aliphatic heterocycles. The van der Waals surface area contributed by atoms with E-state index in [0.717, 1.165) is 37.8 Å². The molecule has 0 unspecified atom stereocenters. The summed E-state index contributed by atoms with van der Waals surface area (Å²) in [4.78, 5) is 6.89. The third-order valence-electron chi connectivity index (χ3n) is 3.09. The Labute approximate surface area is 123 Å². The first-order valence-electron chi connectivity index (χ1n) is 7.32. The first kappa shape index (κ1) is 16.9. The number of aromatic nitrogens is 1. The number of ether oxygens (including phenoxy) is 1. The first-order chi connectivity index (χ1) is 9.35. The van der Waals surface area contributed by atoms with Crippen LogP contribution in [0.5, 0.6) is 0 Å². The van der Waals surface area contributed by atoms with Crippen LogP contribution in [0.3, 0.4) is 0 Å². The van der Waals surface area contributed by atoms with Crippen LogP contribution >= 0.6 is 0 Å². The minimum Gasteiger partial charge on any atom is -0.383 e. The Morgan fingerprint density at radius 1 is 1.30 bits per heavy atom. The highest BCUT2D eigenvalue weighted by Crippen LogP contribution is 2.15. The average Bonchev–Trinajstić information content (AvgIpc) is 2.36. The molecule has 20 heavy (non-hydrogen) atoms. The van der Waals surface area contributed by atoms with Gasteiger partial charge in [-0.2, -0.15) is 0 Å². The van der Waals surface area contributed by atoms with Gasteiger partial charge in [-0.05, 0) is 52.3 Å². The van der Waals surface area contributed by atoms with Crippen molar-refractivity contribution < 1.29 is 4.74 Å². The number of nitrogens with zero attached hydrogens (tertiary/aromatic N) is 2. The zero-order valence-electron chi connectivity index (χ0n) is 13.8. The molecule has 1 aromatic heterocycles. The normalized spacial score (nSPS) is 11.7. The van der Waals surface area contributed by atoms with Crippen LogP contribution < -0.4 is 10.2 Å². The maximum atomic E-state index is 5.17. The molecule has 0 bridgehead atoms. The molecule has 1 N–H and O–H groups in total. The summed E-state index contributed by atoms with van der Waals surface area (Å²) >= 11 is 0. The fourth-order valence-corrected chi connectivity index (χ4v) is 1.99. The van der Waals surface area contributed by atoms with Crippen LogP contribution in [0.25, 0.3) is 0 Å². The van der Waals surface area contributed by atoms with E-state index in [-0.39, 0.29) is 5.54 Å². The number of aryl methyl sites for hydroxylation is 1. The molecule has 0 saturated carbocycles. The number of hydrogen-bond acceptors (Lipinski definition) is 4. The first-order valence-corrected chi connectivity index (χ1v) is 7.32. The number of likely N-dealkylation sites (N-methyl/N-ethyl adjacent to an activating group) is 1. The van der Waals surface area contributed by atoms with Gasteiger partial charge in [-0.15, -0.1) is 0 Å². The molecule has 0 atom stereocenters. The Kier molecular flexibility index (Phi) is 6.43. The van der Waals surface area contributed by atoms with E-state index in [1.165, 1.54) is 5.56 Å². The molecule has 0 saturated heterocycles. The summed E-state index contributed by atoms with van der Waals surface area (Å²) < 4.78 is 5.17. The lowest BCUT2D eigenvalue weighted by Gasteiger charge is -2.24. The molecule has 0 amide bonds. The number of methoxy groups -OCH3 is 1. The van der Waals surface area contributed by atoms with E-state index in [1.54, 1.807) is 7.11 Å². The van der Waals surface area contributed by atoms with Crippen LogP contribution in [-0.4, -0.2) is 37.3 Å². The van der Waals surface area contributed by atoms with E-state index in [9.17, 15) is 0 Å². The second-order valence-electron chi connectivity index (χ2n) is 6.15. The van der Waals surface area contributed by atoms with Crippen LogP contribution in [-0.2, 0) is 11.3 Å². The molecule has 1 rings (SSSR count). The Hall–Kier alpha value is -1.13. The monoisotopic (exact) mass is 279 g/mol. The smallest absolute Gasteiger partial charge is 0.129 e. The lowest BCUT2D eigenvalue weighted by molar-refractivity contribution is 0.205. The molecule has 0 radical (unpaired) electrons. The average molecular weight is 279 g/mol. The predicted molar refractivity (Wildman–Crippen MR) is 85.3 cm³/mol. The lowest BCUT2D eigenvalue weighted by atomic mass is 10.1. The van der Waals surface area contributed by atoms with Gasteiger partial charge in [-0.25, -0.2) is 4.98 Å². The molecule has 1 heterocycles. The summed E-state index contributed by atoms with van der Waals surface area (Å²) in [6.45, 7) is 14.1. The van der Waals surface area contributed by atoms with E-state index in [1.807, 2.05) is 6.92 Å². The number of rotatable bonds is 7. The van der Waals surface area contributed by atoms with Gasteiger partial charge < -0.3 is 15.0 Å². The van der Waals surface area contributed by atoms with Crippen molar-refractivity contribution >= 4 is 5.82 Å². The van der Waals surface area contributed by atoms with E-state index in [2.05, 4.69) is 55.0 Å². The maximum absolute atomic E-state index is 5.17. The van der Waals surface area contributed by atoms with Crippen molar-refractivity contribution in [2.75, 3.05) is 31.7 Å². The molecule has 1 aromatic rings. The molecule has 4 nitrogen and oxygen atoms in total. The zero-order chi connectivity index (χ0) is 15.2. The fraction of sp³-hybridized carbons (Fsp3) is 0.688. The molecular weight excluding hydrogens is 250 g/mol. The van der Waals surface area contributed by atoms with E-state index >= 15 is 0 Å². The third kappa shape index (κ3) is 5.88. The van der Waals surface area contributed by atoms with Crippen LogP contribution in [0.2, 0.25) is 0 Å². The van der Waals surface area contributed by atoms with Crippen molar-refractivity contribution in [2.24, 2.45) is 0 Å². The SMILES string of the molecule is CCN(CCOC)c1cc(CNC(C)(C)C)cc(C)n1. The number of anilines is 1. The number of nitrogens with one attached hydrogen (secondary N) is 1. The summed E-state index contributed by atoms with van der Waals surface area (Å²) in [6, 6.07) is 4.32. The van der Waals surface area contributed by atoms with Crippen LogP contribution in [0.4, 0.5) is 5.82 Å². The number of pyridine rings is 1. The minimum absolute atomic E-state index is 0.123. The largest absolute Gasteiger partial charge is 0.383 e. The van der Waals surface area contributed by atoms with Crippen molar-refractivity contribution in [3.05, 3.63) is 23.4 Å². The molecule has 0 fully saturated rings. The Balaban J connectivity index is 2.83. The fourth-order valence-electron chi connectivity index (χ4n) is 1.99. The van der Waals surface area contributed by atoms with Gasteiger partial charge in [0.25, 0.3) is 0 Å². The second-order valence-corrected chi connectivity index (χ2v) is 6.15. The minimum atomic E-state index is 0.123. The molecule has 4 heteroatoms. The van der Waals surface area contributed by atoms with Gasteiger partial charge in [0.15, 0.2) is 0 Å². The summed E-state index contributed by atoms with van der Waals surface area (Å²) in [6.07, 6.45) is 0. The molecule has 114 valence electrons. The van der Waals surface area contributed by atoms with Gasteiger partial charge in [0.1, 0.15) is 5.82 Å². The molecule has 0 aliphatic carbocycles. The van der Waals surface area contributed by atoms with E-state index in [4.69, 9.17) is 4.74 Å². The van der Waals surface area contributed by atoms with Crippen LogP contribution in [0.1, 0.15) is 39.0 Å². The van der Waals surface area contributed by atoms with E-state index < -0.39 is 0 Å². The van der Waals surface area contributed by atoms with E-state index in [0.29, 0.717) is 0 Å². The quantitative estimate of drug-likeness (QED) is 0.833. The maximum Gasteiger partial charge on any atom is 0.129 e. The lowest BCUT2D eigenvalue weighted by Crippen LogP contribution is -2.35. The van der Waals surface area contributed by atoms with Crippen LogP contribution in [0.15, 0.2) is 12.1 Å². The third-order valence-corrected chi connectivity index (χ3v) is 3.09. The summed E-state index contributed by atoms with van der Waals surface area (Å²) in [5.74, 6) is 1.04. The van der Waals surface area contributed by atoms with Crippen molar-refractivity contribution in [3.8, 4) is 0 Å². The molecule has 0 spiro atoms. The van der Waals surface area contributed by atoms with Gasteiger partial charge in [-0.1, -0.05) is 0 Å². The highest BCUT2D eigenvalue weighted by molar-refractivity contribution is 5.42. The Morgan fingerprint density at radius 2 is 2.00 bits per heavy atom. The molecule has 0 aliphatic rings. The van der Waals surface area contributed by atoms with Crippen LogP contribution in [0, 0.1) is 6.92 Å². The van der Waals surface area contributed by atoms with Crippen molar-refractivity contribution in [1.29, 1.82) is 0 Å². The second kappa shape index (κ2) is 7.60. The molecular formula is C16H29N3O. The summed E-state index contributed by atoms with van der Waals surface area (Å²) in [5.41, 5.74) is 2.46. The van der Waals surface area contributed by atoms with Gasteiger partial charge >= 0.3 is 0 Å².